The Bertz CT molecular complexity index is 1450. The molecule has 33 heavy (non-hydrogen) atoms. The van der Waals surface area contributed by atoms with Crippen LogP contribution in [0, 0.1) is 11.6 Å². The Kier molecular flexibility index (Phi) is 5.30. The van der Waals surface area contributed by atoms with Crippen molar-refractivity contribution in [3.8, 4) is 0 Å². The van der Waals surface area contributed by atoms with Crippen molar-refractivity contribution in [2.75, 3.05) is 4.90 Å². The van der Waals surface area contributed by atoms with Crippen LogP contribution in [0.5, 0.6) is 0 Å². The molecule has 1 aliphatic rings. The summed E-state index contributed by atoms with van der Waals surface area (Å²) in [6.45, 7) is 0. The number of aliphatic hydroxyl groups excluding tert-OH is 1. The van der Waals surface area contributed by atoms with Crippen LogP contribution in [0.2, 0.25) is 0 Å². The fourth-order valence-electron chi connectivity index (χ4n) is 3.74. The van der Waals surface area contributed by atoms with Gasteiger partial charge in [-0.15, -0.1) is 0 Å². The molecule has 0 aliphatic carbocycles. The first-order valence-electron chi connectivity index (χ1n) is 9.72. The Hall–Kier alpha value is -3.43. The van der Waals surface area contributed by atoms with E-state index in [0.29, 0.717) is 15.8 Å². The zero-order chi connectivity index (χ0) is 23.3. The predicted octanol–water partition coefficient (Wildman–Crippen LogP) is 5.96. The highest BCUT2D eigenvalue weighted by molar-refractivity contribution is 9.10. The van der Waals surface area contributed by atoms with Crippen LogP contribution in [-0.2, 0) is 9.59 Å². The van der Waals surface area contributed by atoms with Crippen molar-refractivity contribution in [2.24, 2.45) is 0 Å². The first-order chi connectivity index (χ1) is 15.8. The number of rotatable bonds is 3. The number of thiazole rings is 1. The van der Waals surface area contributed by atoms with E-state index in [1.165, 1.54) is 35.2 Å². The lowest BCUT2D eigenvalue weighted by molar-refractivity contribution is -0.132. The second-order valence-corrected chi connectivity index (χ2v) is 9.26. The maximum absolute atomic E-state index is 13.7. The van der Waals surface area contributed by atoms with Gasteiger partial charge in [0.1, 0.15) is 17.4 Å². The van der Waals surface area contributed by atoms with Crippen LogP contribution in [-0.4, -0.2) is 21.8 Å². The summed E-state index contributed by atoms with van der Waals surface area (Å²) in [4.78, 5) is 31.9. The fourth-order valence-corrected chi connectivity index (χ4v) is 5.02. The number of fused-ring (bicyclic) bond motifs is 1. The molecule has 5 nitrogen and oxygen atoms in total. The van der Waals surface area contributed by atoms with Crippen molar-refractivity contribution in [1.82, 2.24) is 4.98 Å². The van der Waals surface area contributed by atoms with Crippen LogP contribution >= 0.6 is 27.3 Å². The van der Waals surface area contributed by atoms with Crippen molar-refractivity contribution in [3.05, 3.63) is 99.5 Å². The Labute approximate surface area is 198 Å². The quantitative estimate of drug-likeness (QED) is 0.203. The molecule has 1 atom stereocenters. The van der Waals surface area contributed by atoms with Gasteiger partial charge in [0.2, 0.25) is 0 Å². The van der Waals surface area contributed by atoms with Crippen LogP contribution < -0.4 is 4.90 Å². The lowest BCUT2D eigenvalue weighted by Gasteiger charge is -2.23. The first kappa shape index (κ1) is 21.4. The molecule has 1 aliphatic heterocycles. The number of ketones is 1. The van der Waals surface area contributed by atoms with Gasteiger partial charge in [-0.25, -0.2) is 13.8 Å². The van der Waals surface area contributed by atoms with Gasteiger partial charge in [0.15, 0.2) is 5.13 Å². The van der Waals surface area contributed by atoms with Gasteiger partial charge in [-0.05, 0) is 60.2 Å². The Balaban J connectivity index is 1.73. The molecule has 0 saturated carbocycles. The summed E-state index contributed by atoms with van der Waals surface area (Å²) in [6.07, 6.45) is 0. The van der Waals surface area contributed by atoms with Gasteiger partial charge in [0.25, 0.3) is 5.78 Å². The summed E-state index contributed by atoms with van der Waals surface area (Å²) in [5.74, 6) is -3.13. The minimum atomic E-state index is -0.978. The zero-order valence-corrected chi connectivity index (χ0v) is 19.0. The predicted molar refractivity (Wildman–Crippen MR) is 125 cm³/mol. The summed E-state index contributed by atoms with van der Waals surface area (Å²) in [5, 5.41) is 11.2. The van der Waals surface area contributed by atoms with E-state index in [4.69, 9.17) is 0 Å². The number of carbonyl (C=O) groups excluding carboxylic acids is 2. The maximum Gasteiger partial charge on any atom is 0.301 e. The fraction of sp³-hybridized carbons (Fsp3) is 0.0417. The number of amides is 1. The number of halogens is 3. The van der Waals surface area contributed by atoms with E-state index in [1.807, 2.05) is 0 Å². The van der Waals surface area contributed by atoms with Crippen molar-refractivity contribution in [2.45, 2.75) is 6.04 Å². The molecule has 1 fully saturated rings. The van der Waals surface area contributed by atoms with Crippen LogP contribution in [0.15, 0.2) is 76.8 Å². The minimum absolute atomic E-state index is 0.139. The molecule has 0 unspecified atom stereocenters. The van der Waals surface area contributed by atoms with E-state index in [-0.39, 0.29) is 16.3 Å². The number of hydrogen-bond donors (Lipinski definition) is 1. The number of carbonyl (C=O) groups is 2. The number of aromatic nitrogens is 1. The second-order valence-electron chi connectivity index (χ2n) is 7.34. The van der Waals surface area contributed by atoms with Crippen molar-refractivity contribution < 1.29 is 23.5 Å². The van der Waals surface area contributed by atoms with Gasteiger partial charge < -0.3 is 5.11 Å². The SMILES string of the molecule is O=C1C(=O)N(c2nc3ccc(F)cc3s2)[C@H](c2ccc(Br)cc2)/C1=C(\O)c1ccc(F)cc1. The number of aliphatic hydroxyl groups is 1. The van der Waals surface area contributed by atoms with E-state index in [9.17, 15) is 23.5 Å². The van der Waals surface area contributed by atoms with Crippen LogP contribution in [0.25, 0.3) is 16.0 Å². The molecule has 3 aromatic carbocycles. The molecule has 164 valence electrons. The molecular formula is C24H13BrF2N2O3S. The molecule has 5 rings (SSSR count). The Morgan fingerprint density at radius 3 is 2.33 bits per heavy atom. The van der Waals surface area contributed by atoms with E-state index < -0.39 is 35.1 Å². The van der Waals surface area contributed by atoms with Crippen molar-refractivity contribution in [1.29, 1.82) is 0 Å². The third-order valence-electron chi connectivity index (χ3n) is 5.29. The molecule has 1 saturated heterocycles. The number of hydrogen-bond acceptors (Lipinski definition) is 5. The Morgan fingerprint density at radius 2 is 1.64 bits per heavy atom. The van der Waals surface area contributed by atoms with Crippen molar-refractivity contribution in [3.63, 3.8) is 0 Å². The number of Topliss-reactive ketones (excluding diaryl/α,β-unsaturated/α-hetero) is 1. The van der Waals surface area contributed by atoms with Gasteiger partial charge in [-0.3, -0.25) is 14.5 Å². The van der Waals surface area contributed by atoms with E-state index in [1.54, 1.807) is 24.3 Å². The first-order valence-corrected chi connectivity index (χ1v) is 11.3. The van der Waals surface area contributed by atoms with E-state index in [2.05, 4.69) is 20.9 Å². The largest absolute Gasteiger partial charge is 0.507 e. The maximum atomic E-state index is 13.7. The molecule has 0 spiro atoms. The summed E-state index contributed by atoms with van der Waals surface area (Å²) in [6, 6.07) is 15.0. The standard InChI is InChI=1S/C24H13BrF2N2O3S/c25-14-5-1-12(2-6-14)20-19(21(30)13-3-7-15(26)8-4-13)22(31)23(32)29(20)24-28-17-10-9-16(27)11-18(17)33-24/h1-11,20,30H/b21-19+/t20-/m1/s1. The molecule has 0 radical (unpaired) electrons. The molecule has 1 N–H and O–H groups in total. The van der Waals surface area contributed by atoms with Crippen LogP contribution in [0.1, 0.15) is 17.2 Å². The third-order valence-corrected chi connectivity index (χ3v) is 6.84. The molecule has 0 bridgehead atoms. The monoisotopic (exact) mass is 526 g/mol. The van der Waals surface area contributed by atoms with Gasteiger partial charge in [-0.1, -0.05) is 39.4 Å². The topological polar surface area (TPSA) is 70.5 Å². The van der Waals surface area contributed by atoms with Crippen LogP contribution in [0.4, 0.5) is 13.9 Å². The average Bonchev–Trinajstić information content (AvgIpc) is 3.32. The summed E-state index contributed by atoms with van der Waals surface area (Å²) >= 11 is 4.43. The molecule has 1 aromatic heterocycles. The van der Waals surface area contributed by atoms with Gasteiger partial charge in [0.05, 0.1) is 21.8 Å². The molecule has 2 heterocycles. The Morgan fingerprint density at radius 1 is 0.970 bits per heavy atom. The lowest BCUT2D eigenvalue weighted by Crippen LogP contribution is -2.29. The lowest BCUT2D eigenvalue weighted by atomic mass is 9.95. The summed E-state index contributed by atoms with van der Waals surface area (Å²) in [5.41, 5.74) is 1.10. The zero-order valence-electron chi connectivity index (χ0n) is 16.6. The molecule has 9 heteroatoms. The normalized spacial score (nSPS) is 17.8. The van der Waals surface area contributed by atoms with Gasteiger partial charge >= 0.3 is 5.91 Å². The van der Waals surface area contributed by atoms with Crippen LogP contribution in [0.3, 0.4) is 0 Å². The highest BCUT2D eigenvalue weighted by atomic mass is 79.9. The van der Waals surface area contributed by atoms with E-state index in [0.717, 1.165) is 27.9 Å². The number of anilines is 1. The van der Waals surface area contributed by atoms with E-state index >= 15 is 0 Å². The van der Waals surface area contributed by atoms with Gasteiger partial charge in [-0.2, -0.15) is 0 Å². The third kappa shape index (κ3) is 3.73. The number of benzene rings is 3. The highest BCUT2D eigenvalue weighted by Gasteiger charge is 2.48. The number of nitrogens with zero attached hydrogens (tertiary/aromatic N) is 2. The minimum Gasteiger partial charge on any atom is -0.507 e. The average molecular weight is 527 g/mol. The molecule has 1 amide bonds. The van der Waals surface area contributed by atoms with Crippen molar-refractivity contribution >= 4 is 60.1 Å². The molecule has 4 aromatic rings. The second kappa shape index (κ2) is 8.17. The molecular weight excluding hydrogens is 514 g/mol. The van der Waals surface area contributed by atoms with Gasteiger partial charge in [0, 0.05) is 10.0 Å². The summed E-state index contributed by atoms with van der Waals surface area (Å²) < 4.78 is 28.4. The smallest absolute Gasteiger partial charge is 0.301 e. The summed E-state index contributed by atoms with van der Waals surface area (Å²) in [7, 11) is 0. The highest BCUT2D eigenvalue weighted by Crippen LogP contribution is 2.44.